The highest BCUT2D eigenvalue weighted by Gasteiger charge is 2.43. The molecule has 1 saturated heterocycles. The Morgan fingerprint density at radius 1 is 1.33 bits per heavy atom. The highest BCUT2D eigenvalue weighted by Crippen LogP contribution is 2.38. The van der Waals surface area contributed by atoms with Gasteiger partial charge in [-0.25, -0.2) is 0 Å². The first-order chi connectivity index (χ1) is 11.4. The number of ether oxygens (including phenoxy) is 1. The van der Waals surface area contributed by atoms with Gasteiger partial charge in [-0.2, -0.15) is 0 Å². The van der Waals surface area contributed by atoms with E-state index in [0.717, 1.165) is 19.5 Å². The number of nitrogens with zero attached hydrogens (tertiary/aromatic N) is 2. The predicted octanol–water partition coefficient (Wildman–Crippen LogP) is 1.88. The van der Waals surface area contributed by atoms with Crippen molar-refractivity contribution < 1.29 is 14.6 Å². The predicted molar refractivity (Wildman–Crippen MR) is 93.2 cm³/mol. The molecule has 2 aliphatic rings. The number of aliphatic hydroxyl groups is 1. The second-order valence-corrected chi connectivity index (χ2v) is 7.65. The Kier molecular flexibility index (Phi) is 5.33. The van der Waals surface area contributed by atoms with Crippen molar-refractivity contribution in [2.75, 3.05) is 33.7 Å². The maximum absolute atomic E-state index is 12.3. The Labute approximate surface area is 148 Å². The van der Waals surface area contributed by atoms with Crippen molar-refractivity contribution in [1.29, 1.82) is 0 Å². The Bertz CT molecular complexity index is 595. The minimum Gasteiger partial charge on any atom is -0.488 e. The summed E-state index contributed by atoms with van der Waals surface area (Å²) < 4.78 is 5.97. The number of likely N-dealkylation sites (tertiary alicyclic amines) is 1. The van der Waals surface area contributed by atoms with Gasteiger partial charge in [-0.15, -0.1) is 0 Å². The van der Waals surface area contributed by atoms with Gasteiger partial charge in [-0.3, -0.25) is 4.79 Å². The largest absolute Gasteiger partial charge is 0.488 e. The average molecular weight is 353 g/mol. The SMILES string of the molecule is CN(C)CC(=O)N1C[C@H]2C[C@@H](Oc3cccc(Cl)c3)[C@H](O)C[C@H]2C1. The maximum atomic E-state index is 12.3. The van der Waals surface area contributed by atoms with Crippen molar-refractivity contribution >= 4 is 17.5 Å². The molecule has 1 aromatic rings. The Morgan fingerprint density at radius 3 is 2.71 bits per heavy atom. The number of fused-ring (bicyclic) bond motifs is 1. The third-order valence-electron chi connectivity index (χ3n) is 4.97. The Balaban J connectivity index is 1.61. The summed E-state index contributed by atoms with van der Waals surface area (Å²) in [7, 11) is 3.80. The van der Waals surface area contributed by atoms with Gasteiger partial charge >= 0.3 is 0 Å². The first kappa shape index (κ1) is 17.5. The van der Waals surface area contributed by atoms with Crippen LogP contribution in [0.5, 0.6) is 5.75 Å². The van der Waals surface area contributed by atoms with Crippen molar-refractivity contribution in [1.82, 2.24) is 9.80 Å². The molecular weight excluding hydrogens is 328 g/mol. The van der Waals surface area contributed by atoms with E-state index in [1.165, 1.54) is 0 Å². The number of halogens is 1. The minimum absolute atomic E-state index is 0.163. The number of benzene rings is 1. The van der Waals surface area contributed by atoms with Gasteiger partial charge in [0, 0.05) is 18.1 Å². The lowest BCUT2D eigenvalue weighted by molar-refractivity contribution is -0.131. The quantitative estimate of drug-likeness (QED) is 0.899. The number of carbonyl (C=O) groups is 1. The van der Waals surface area contributed by atoms with Gasteiger partial charge in [0.05, 0.1) is 12.6 Å². The van der Waals surface area contributed by atoms with Gasteiger partial charge in [0.1, 0.15) is 11.9 Å². The number of carbonyl (C=O) groups excluding carboxylic acids is 1. The van der Waals surface area contributed by atoms with Gasteiger partial charge in [-0.1, -0.05) is 17.7 Å². The molecule has 6 heteroatoms. The average Bonchev–Trinajstić information content (AvgIpc) is 2.90. The summed E-state index contributed by atoms with van der Waals surface area (Å²) >= 11 is 5.99. The number of aliphatic hydroxyl groups excluding tert-OH is 1. The maximum Gasteiger partial charge on any atom is 0.236 e. The van der Waals surface area contributed by atoms with Crippen LogP contribution in [0.25, 0.3) is 0 Å². The molecule has 4 atom stereocenters. The topological polar surface area (TPSA) is 53.0 Å². The van der Waals surface area contributed by atoms with Gasteiger partial charge in [0.2, 0.25) is 5.91 Å². The van der Waals surface area contributed by atoms with Crippen LogP contribution in [-0.4, -0.2) is 66.8 Å². The van der Waals surface area contributed by atoms with E-state index in [4.69, 9.17) is 16.3 Å². The summed E-state index contributed by atoms with van der Waals surface area (Å²) in [6, 6.07) is 7.26. The number of likely N-dealkylation sites (N-methyl/N-ethyl adjacent to an activating group) is 1. The molecule has 0 unspecified atom stereocenters. The third-order valence-corrected chi connectivity index (χ3v) is 5.21. The van der Waals surface area contributed by atoms with Crippen molar-refractivity contribution in [2.45, 2.75) is 25.0 Å². The molecule has 1 aromatic carbocycles. The molecule has 24 heavy (non-hydrogen) atoms. The third kappa shape index (κ3) is 4.02. The number of hydrogen-bond donors (Lipinski definition) is 1. The summed E-state index contributed by atoms with van der Waals surface area (Å²) in [5.74, 6) is 1.61. The number of rotatable bonds is 4. The van der Waals surface area contributed by atoms with Crippen LogP contribution in [0.2, 0.25) is 5.02 Å². The van der Waals surface area contributed by atoms with Crippen LogP contribution >= 0.6 is 11.6 Å². The smallest absolute Gasteiger partial charge is 0.236 e. The molecule has 2 fully saturated rings. The molecule has 0 bridgehead atoms. The van der Waals surface area contributed by atoms with Crippen molar-refractivity contribution in [3.63, 3.8) is 0 Å². The van der Waals surface area contributed by atoms with Gasteiger partial charge < -0.3 is 19.6 Å². The second-order valence-electron chi connectivity index (χ2n) is 7.21. The first-order valence-electron chi connectivity index (χ1n) is 8.45. The van der Waals surface area contributed by atoms with Crippen LogP contribution in [0.1, 0.15) is 12.8 Å². The molecule has 1 N–H and O–H groups in total. The molecule has 1 saturated carbocycles. The van der Waals surface area contributed by atoms with Crippen molar-refractivity contribution in [3.8, 4) is 5.75 Å². The van der Waals surface area contributed by atoms with Gasteiger partial charge in [0.25, 0.3) is 0 Å². The molecule has 0 spiro atoms. The lowest BCUT2D eigenvalue weighted by Crippen LogP contribution is -2.42. The fraction of sp³-hybridized carbons (Fsp3) is 0.611. The van der Waals surface area contributed by atoms with E-state index >= 15 is 0 Å². The van der Waals surface area contributed by atoms with Crippen LogP contribution in [0.4, 0.5) is 0 Å². The highest BCUT2D eigenvalue weighted by atomic mass is 35.5. The molecule has 1 amide bonds. The summed E-state index contributed by atoms with van der Waals surface area (Å²) in [6.45, 7) is 1.95. The standard InChI is InChI=1S/C18H25ClN2O3/c1-20(2)11-18(23)21-9-12-6-16(22)17(7-13(12)10-21)24-15-5-3-4-14(19)8-15/h3-5,8,12-13,16-17,22H,6-7,9-11H2,1-2H3/t12-,13+,16+,17+/m0/s1. The molecule has 1 aliphatic heterocycles. The highest BCUT2D eigenvalue weighted by molar-refractivity contribution is 6.30. The van der Waals surface area contributed by atoms with E-state index in [1.54, 1.807) is 12.1 Å². The summed E-state index contributed by atoms with van der Waals surface area (Å²) in [5, 5.41) is 11.1. The molecule has 5 nitrogen and oxygen atoms in total. The van der Waals surface area contributed by atoms with Crippen molar-refractivity contribution in [3.05, 3.63) is 29.3 Å². The molecule has 3 rings (SSSR count). The lowest BCUT2D eigenvalue weighted by Gasteiger charge is -2.35. The van der Waals surface area contributed by atoms with Crippen molar-refractivity contribution in [2.24, 2.45) is 11.8 Å². The lowest BCUT2D eigenvalue weighted by atomic mass is 9.78. The summed E-state index contributed by atoms with van der Waals surface area (Å²) in [6.07, 6.45) is 0.703. The molecule has 0 aromatic heterocycles. The van der Waals surface area contributed by atoms with Crippen LogP contribution in [0.15, 0.2) is 24.3 Å². The van der Waals surface area contributed by atoms with Crippen LogP contribution < -0.4 is 4.74 Å². The fourth-order valence-electron chi connectivity index (χ4n) is 3.81. The van der Waals surface area contributed by atoms with E-state index in [2.05, 4.69) is 0 Å². The molecular formula is C18H25ClN2O3. The van der Waals surface area contributed by atoms with E-state index < -0.39 is 6.10 Å². The molecule has 0 radical (unpaired) electrons. The Hall–Kier alpha value is -1.30. The molecule has 132 valence electrons. The van der Waals surface area contributed by atoms with E-state index in [1.807, 2.05) is 36.0 Å². The summed E-state index contributed by atoms with van der Waals surface area (Å²) in [5.41, 5.74) is 0. The molecule has 1 aliphatic carbocycles. The molecule has 1 heterocycles. The minimum atomic E-state index is -0.505. The zero-order chi connectivity index (χ0) is 17.3. The number of hydrogen-bond acceptors (Lipinski definition) is 4. The van der Waals surface area contributed by atoms with E-state index in [-0.39, 0.29) is 12.0 Å². The fourth-order valence-corrected chi connectivity index (χ4v) is 3.99. The van der Waals surface area contributed by atoms with Crippen LogP contribution in [-0.2, 0) is 4.79 Å². The normalized spacial score (nSPS) is 29.6. The number of amides is 1. The zero-order valence-electron chi connectivity index (χ0n) is 14.2. The second kappa shape index (κ2) is 7.30. The van der Waals surface area contributed by atoms with Gasteiger partial charge in [-0.05, 0) is 57.0 Å². The van der Waals surface area contributed by atoms with Gasteiger partial charge in [0.15, 0.2) is 0 Å². The van der Waals surface area contributed by atoms with E-state index in [9.17, 15) is 9.90 Å². The monoisotopic (exact) mass is 352 g/mol. The zero-order valence-corrected chi connectivity index (χ0v) is 14.9. The Morgan fingerprint density at radius 2 is 2.04 bits per heavy atom. The van der Waals surface area contributed by atoms with Crippen LogP contribution in [0, 0.1) is 11.8 Å². The van der Waals surface area contributed by atoms with E-state index in [0.29, 0.717) is 35.6 Å². The summed E-state index contributed by atoms with van der Waals surface area (Å²) in [4.78, 5) is 16.1. The first-order valence-corrected chi connectivity index (χ1v) is 8.83. The van der Waals surface area contributed by atoms with Crippen LogP contribution in [0.3, 0.4) is 0 Å².